The predicted molar refractivity (Wildman–Crippen MR) is 67.5 cm³/mol. The highest BCUT2D eigenvalue weighted by Crippen LogP contribution is 2.30. The first-order chi connectivity index (χ1) is 9.27. The van der Waals surface area contributed by atoms with Gasteiger partial charge < -0.3 is 18.8 Å². The first kappa shape index (κ1) is 12.7. The quantitative estimate of drug-likeness (QED) is 0.832. The molecular formula is C14H19NO4. The molecule has 2 fully saturated rings. The highest BCUT2D eigenvalue weighted by atomic mass is 16.7. The number of piperidine rings is 1. The third-order valence-electron chi connectivity index (χ3n) is 3.75. The Labute approximate surface area is 112 Å². The summed E-state index contributed by atoms with van der Waals surface area (Å²) in [6, 6.07) is 3.74. The molecule has 0 aliphatic carbocycles. The smallest absolute Gasteiger partial charge is 0.223 e. The van der Waals surface area contributed by atoms with Crippen molar-refractivity contribution < 1.29 is 18.7 Å². The van der Waals surface area contributed by atoms with E-state index in [4.69, 9.17) is 13.9 Å². The highest BCUT2D eigenvalue weighted by Gasteiger charge is 2.41. The van der Waals surface area contributed by atoms with E-state index in [1.807, 2.05) is 17.0 Å². The summed E-state index contributed by atoms with van der Waals surface area (Å²) in [4.78, 5) is 14.1. The molecular weight excluding hydrogens is 246 g/mol. The summed E-state index contributed by atoms with van der Waals surface area (Å²) in [5, 5.41) is 0. The van der Waals surface area contributed by atoms with Gasteiger partial charge in [0.1, 0.15) is 5.76 Å². The summed E-state index contributed by atoms with van der Waals surface area (Å²) in [7, 11) is 0. The topological polar surface area (TPSA) is 51.9 Å². The fraction of sp³-hybridized carbons (Fsp3) is 0.643. The molecule has 1 aromatic rings. The lowest BCUT2D eigenvalue weighted by molar-refractivity contribution is -0.193. The van der Waals surface area contributed by atoms with E-state index in [1.54, 1.807) is 6.26 Å². The van der Waals surface area contributed by atoms with Crippen molar-refractivity contribution in [2.45, 2.75) is 31.5 Å². The van der Waals surface area contributed by atoms with Crippen LogP contribution in [0.4, 0.5) is 0 Å². The van der Waals surface area contributed by atoms with Crippen LogP contribution in [0, 0.1) is 0 Å². The number of nitrogens with zero attached hydrogens (tertiary/aromatic N) is 1. The number of likely N-dealkylation sites (tertiary alicyclic amines) is 1. The van der Waals surface area contributed by atoms with Crippen molar-refractivity contribution >= 4 is 5.91 Å². The van der Waals surface area contributed by atoms with Gasteiger partial charge in [-0.05, 0) is 18.6 Å². The number of hydrogen-bond acceptors (Lipinski definition) is 4. The Balaban J connectivity index is 1.54. The summed E-state index contributed by atoms with van der Waals surface area (Å²) in [5.74, 6) is 0.474. The van der Waals surface area contributed by atoms with Crippen LogP contribution in [0.1, 0.15) is 25.0 Å². The van der Waals surface area contributed by atoms with Crippen LogP contribution in [-0.4, -0.2) is 42.9 Å². The van der Waals surface area contributed by atoms with Gasteiger partial charge in [0.25, 0.3) is 0 Å². The van der Waals surface area contributed by atoms with Crippen LogP contribution in [-0.2, 0) is 20.7 Å². The number of furan rings is 1. The maximum Gasteiger partial charge on any atom is 0.223 e. The van der Waals surface area contributed by atoms with Gasteiger partial charge in [0.05, 0.1) is 26.0 Å². The Hall–Kier alpha value is -1.33. The van der Waals surface area contributed by atoms with Crippen molar-refractivity contribution in [1.29, 1.82) is 0 Å². The average molecular weight is 265 g/mol. The number of rotatable bonds is 3. The van der Waals surface area contributed by atoms with Crippen molar-refractivity contribution in [2.75, 3.05) is 26.3 Å². The van der Waals surface area contributed by atoms with E-state index in [2.05, 4.69) is 0 Å². The van der Waals surface area contributed by atoms with Gasteiger partial charge in [0.15, 0.2) is 5.79 Å². The first-order valence-electron chi connectivity index (χ1n) is 6.86. The number of amides is 1. The summed E-state index contributed by atoms with van der Waals surface area (Å²) in [5.41, 5.74) is 0. The molecule has 2 aliphatic heterocycles. The van der Waals surface area contributed by atoms with Crippen LogP contribution in [0.25, 0.3) is 0 Å². The predicted octanol–water partition coefficient (Wildman–Crippen LogP) is 1.58. The SMILES string of the molecule is O=C(CCc1ccco1)N1CCCC2(C1)OCCO2. The molecule has 1 aromatic heterocycles. The second-order valence-corrected chi connectivity index (χ2v) is 5.11. The van der Waals surface area contributed by atoms with Gasteiger partial charge in [-0.2, -0.15) is 0 Å². The molecule has 0 saturated carbocycles. The molecule has 0 bridgehead atoms. The second-order valence-electron chi connectivity index (χ2n) is 5.11. The van der Waals surface area contributed by atoms with Crippen LogP contribution in [0.5, 0.6) is 0 Å². The largest absolute Gasteiger partial charge is 0.469 e. The van der Waals surface area contributed by atoms with Gasteiger partial charge in [0, 0.05) is 25.8 Å². The molecule has 0 N–H and O–H groups in total. The Morgan fingerprint density at radius 2 is 2.21 bits per heavy atom. The van der Waals surface area contributed by atoms with Gasteiger partial charge in [-0.1, -0.05) is 0 Å². The van der Waals surface area contributed by atoms with Crippen molar-refractivity contribution in [2.24, 2.45) is 0 Å². The Kier molecular flexibility index (Phi) is 3.57. The van der Waals surface area contributed by atoms with Crippen molar-refractivity contribution in [3.63, 3.8) is 0 Å². The van der Waals surface area contributed by atoms with Gasteiger partial charge in [-0.3, -0.25) is 4.79 Å². The van der Waals surface area contributed by atoms with Crippen LogP contribution in [0.2, 0.25) is 0 Å². The maximum atomic E-state index is 12.2. The van der Waals surface area contributed by atoms with Crippen LogP contribution in [0.15, 0.2) is 22.8 Å². The van der Waals surface area contributed by atoms with Gasteiger partial charge in [-0.15, -0.1) is 0 Å². The Morgan fingerprint density at radius 1 is 1.37 bits per heavy atom. The van der Waals surface area contributed by atoms with E-state index in [-0.39, 0.29) is 5.91 Å². The van der Waals surface area contributed by atoms with E-state index in [1.165, 1.54) is 0 Å². The molecule has 3 rings (SSSR count). The molecule has 104 valence electrons. The fourth-order valence-corrected chi connectivity index (χ4v) is 2.78. The number of carbonyl (C=O) groups is 1. The van der Waals surface area contributed by atoms with E-state index >= 15 is 0 Å². The summed E-state index contributed by atoms with van der Waals surface area (Å²) in [6.45, 7) is 2.62. The molecule has 2 aliphatic rings. The number of aryl methyl sites for hydroxylation is 1. The van der Waals surface area contributed by atoms with Crippen molar-refractivity contribution in [3.05, 3.63) is 24.2 Å². The maximum absolute atomic E-state index is 12.2. The van der Waals surface area contributed by atoms with Crippen LogP contribution in [0.3, 0.4) is 0 Å². The van der Waals surface area contributed by atoms with Crippen molar-refractivity contribution in [1.82, 2.24) is 4.90 Å². The molecule has 1 spiro atoms. The van der Waals surface area contributed by atoms with E-state index in [0.29, 0.717) is 32.6 Å². The zero-order chi connectivity index (χ0) is 13.1. The molecule has 19 heavy (non-hydrogen) atoms. The minimum Gasteiger partial charge on any atom is -0.469 e. The number of ether oxygens (including phenoxy) is 2. The molecule has 5 heteroatoms. The summed E-state index contributed by atoms with van der Waals surface area (Å²) < 4.78 is 16.6. The minimum atomic E-state index is -0.529. The zero-order valence-electron chi connectivity index (χ0n) is 11.0. The summed E-state index contributed by atoms with van der Waals surface area (Å²) >= 11 is 0. The van der Waals surface area contributed by atoms with Gasteiger partial charge in [-0.25, -0.2) is 0 Å². The lowest BCUT2D eigenvalue weighted by Gasteiger charge is -2.38. The molecule has 0 radical (unpaired) electrons. The van der Waals surface area contributed by atoms with Crippen LogP contribution >= 0.6 is 0 Å². The zero-order valence-corrected chi connectivity index (χ0v) is 11.0. The standard InChI is InChI=1S/C14H19NO4/c16-13(5-4-12-3-1-8-17-12)15-7-2-6-14(11-15)18-9-10-19-14/h1,3,8H,2,4-7,9-11H2. The molecule has 0 unspecified atom stereocenters. The van der Waals surface area contributed by atoms with Crippen molar-refractivity contribution in [3.8, 4) is 0 Å². The Bertz CT molecular complexity index is 423. The second kappa shape index (κ2) is 5.35. The molecule has 0 atom stereocenters. The monoisotopic (exact) mass is 265 g/mol. The summed E-state index contributed by atoms with van der Waals surface area (Å²) in [6.07, 6.45) is 4.58. The Morgan fingerprint density at radius 3 is 2.95 bits per heavy atom. The van der Waals surface area contributed by atoms with Gasteiger partial charge in [0.2, 0.25) is 5.91 Å². The van der Waals surface area contributed by atoms with E-state index < -0.39 is 5.79 Å². The lowest BCUT2D eigenvalue weighted by atomic mass is 10.0. The normalized spacial score (nSPS) is 22.0. The number of carbonyl (C=O) groups excluding carboxylic acids is 1. The first-order valence-corrected chi connectivity index (χ1v) is 6.86. The molecule has 1 amide bonds. The third-order valence-corrected chi connectivity index (χ3v) is 3.75. The van der Waals surface area contributed by atoms with E-state index in [9.17, 15) is 4.79 Å². The van der Waals surface area contributed by atoms with Crippen LogP contribution < -0.4 is 0 Å². The average Bonchev–Trinajstić information content (AvgIpc) is 3.08. The molecule has 3 heterocycles. The minimum absolute atomic E-state index is 0.148. The lowest BCUT2D eigenvalue weighted by Crippen LogP contribution is -2.51. The van der Waals surface area contributed by atoms with E-state index in [0.717, 1.165) is 25.1 Å². The fourth-order valence-electron chi connectivity index (χ4n) is 2.78. The molecule has 5 nitrogen and oxygen atoms in total. The van der Waals surface area contributed by atoms with Gasteiger partial charge >= 0.3 is 0 Å². The molecule has 0 aromatic carbocycles. The molecule has 2 saturated heterocycles. The third kappa shape index (κ3) is 2.82. The highest BCUT2D eigenvalue weighted by molar-refractivity contribution is 5.76. The number of hydrogen-bond donors (Lipinski definition) is 0.